The standard InChI is InChI=1S/C16H24ClN/c1-3-5-6-7-8-9-16(18-4-2)14-10-12-15(17)13-11-14/h3,10-13,16,18H,1,4-9H2,2H3. The predicted molar refractivity (Wildman–Crippen MR) is 81.2 cm³/mol. The molecule has 1 unspecified atom stereocenters. The summed E-state index contributed by atoms with van der Waals surface area (Å²) < 4.78 is 0. The number of hydrogen-bond donors (Lipinski definition) is 1. The molecule has 0 radical (unpaired) electrons. The first-order chi connectivity index (χ1) is 8.77. The highest BCUT2D eigenvalue weighted by Crippen LogP contribution is 2.21. The molecule has 0 saturated heterocycles. The highest BCUT2D eigenvalue weighted by atomic mass is 35.5. The Kier molecular flexibility index (Phi) is 7.79. The highest BCUT2D eigenvalue weighted by Gasteiger charge is 2.09. The summed E-state index contributed by atoms with van der Waals surface area (Å²) in [5, 5.41) is 4.35. The van der Waals surface area contributed by atoms with Crippen LogP contribution in [0.1, 0.15) is 50.6 Å². The zero-order chi connectivity index (χ0) is 13.2. The van der Waals surface area contributed by atoms with E-state index in [1.165, 1.54) is 31.2 Å². The fourth-order valence-corrected chi connectivity index (χ4v) is 2.27. The van der Waals surface area contributed by atoms with Crippen LogP contribution in [0.2, 0.25) is 5.02 Å². The largest absolute Gasteiger partial charge is 0.310 e. The summed E-state index contributed by atoms with van der Waals surface area (Å²) in [6.45, 7) is 6.91. The van der Waals surface area contributed by atoms with E-state index in [9.17, 15) is 0 Å². The van der Waals surface area contributed by atoms with Gasteiger partial charge >= 0.3 is 0 Å². The summed E-state index contributed by atoms with van der Waals surface area (Å²) in [6, 6.07) is 8.65. The first-order valence-electron chi connectivity index (χ1n) is 6.87. The van der Waals surface area contributed by atoms with E-state index < -0.39 is 0 Å². The number of allylic oxidation sites excluding steroid dienone is 1. The third kappa shape index (κ3) is 5.70. The van der Waals surface area contributed by atoms with Gasteiger partial charge in [-0.2, -0.15) is 0 Å². The molecule has 0 bridgehead atoms. The maximum atomic E-state index is 5.93. The lowest BCUT2D eigenvalue weighted by atomic mass is 10.00. The predicted octanol–water partition coefficient (Wildman–Crippen LogP) is 5.13. The molecule has 0 amide bonds. The van der Waals surface area contributed by atoms with Crippen molar-refractivity contribution < 1.29 is 0 Å². The minimum atomic E-state index is 0.455. The molecule has 0 aliphatic rings. The first kappa shape index (κ1) is 15.3. The van der Waals surface area contributed by atoms with E-state index in [-0.39, 0.29) is 0 Å². The fraction of sp³-hybridized carbons (Fsp3) is 0.500. The minimum Gasteiger partial charge on any atom is -0.310 e. The number of hydrogen-bond acceptors (Lipinski definition) is 1. The minimum absolute atomic E-state index is 0.455. The van der Waals surface area contributed by atoms with Gasteiger partial charge in [-0.25, -0.2) is 0 Å². The van der Waals surface area contributed by atoms with Gasteiger partial charge in [0.2, 0.25) is 0 Å². The van der Waals surface area contributed by atoms with E-state index in [0.717, 1.165) is 18.0 Å². The van der Waals surface area contributed by atoms with Crippen molar-refractivity contribution in [3.8, 4) is 0 Å². The average molecular weight is 266 g/mol. The smallest absolute Gasteiger partial charge is 0.0406 e. The van der Waals surface area contributed by atoms with Crippen molar-refractivity contribution in [2.75, 3.05) is 6.54 Å². The summed E-state index contributed by atoms with van der Waals surface area (Å²) in [4.78, 5) is 0. The van der Waals surface area contributed by atoms with E-state index in [4.69, 9.17) is 11.6 Å². The lowest BCUT2D eigenvalue weighted by Crippen LogP contribution is -2.20. The van der Waals surface area contributed by atoms with Crippen LogP contribution in [0.5, 0.6) is 0 Å². The molecular formula is C16H24ClN. The van der Waals surface area contributed by atoms with E-state index in [1.54, 1.807) is 0 Å². The Balaban J connectivity index is 2.43. The van der Waals surface area contributed by atoms with Crippen LogP contribution in [-0.4, -0.2) is 6.54 Å². The lowest BCUT2D eigenvalue weighted by molar-refractivity contribution is 0.484. The average Bonchev–Trinajstić information content (AvgIpc) is 2.38. The number of halogens is 1. The fourth-order valence-electron chi connectivity index (χ4n) is 2.14. The van der Waals surface area contributed by atoms with E-state index in [0.29, 0.717) is 6.04 Å². The molecule has 0 saturated carbocycles. The Morgan fingerprint density at radius 2 is 1.94 bits per heavy atom. The van der Waals surface area contributed by atoms with Crippen LogP contribution in [0, 0.1) is 0 Å². The van der Waals surface area contributed by atoms with Gasteiger partial charge in [0, 0.05) is 11.1 Å². The molecule has 1 nitrogen and oxygen atoms in total. The van der Waals surface area contributed by atoms with E-state index >= 15 is 0 Å². The van der Waals surface area contributed by atoms with Gasteiger partial charge in [-0.05, 0) is 43.5 Å². The zero-order valence-corrected chi connectivity index (χ0v) is 12.0. The molecule has 0 aliphatic heterocycles. The molecule has 0 aliphatic carbocycles. The van der Waals surface area contributed by atoms with E-state index in [1.807, 2.05) is 18.2 Å². The molecule has 1 aromatic carbocycles. The van der Waals surface area contributed by atoms with Gasteiger partial charge in [-0.3, -0.25) is 0 Å². The van der Waals surface area contributed by atoms with Gasteiger partial charge in [0.05, 0.1) is 0 Å². The summed E-state index contributed by atoms with van der Waals surface area (Å²) in [7, 11) is 0. The first-order valence-corrected chi connectivity index (χ1v) is 7.25. The maximum Gasteiger partial charge on any atom is 0.0406 e. The number of benzene rings is 1. The van der Waals surface area contributed by atoms with Crippen molar-refractivity contribution in [1.29, 1.82) is 0 Å². The number of nitrogens with one attached hydrogen (secondary N) is 1. The second-order valence-electron chi connectivity index (χ2n) is 4.59. The van der Waals surface area contributed by atoms with Gasteiger partial charge < -0.3 is 5.32 Å². The summed E-state index contributed by atoms with van der Waals surface area (Å²) >= 11 is 5.93. The van der Waals surface area contributed by atoms with Gasteiger partial charge in [0.25, 0.3) is 0 Å². The normalized spacial score (nSPS) is 12.3. The maximum absolute atomic E-state index is 5.93. The second-order valence-corrected chi connectivity index (χ2v) is 5.02. The van der Waals surface area contributed by atoms with E-state index in [2.05, 4.69) is 31.0 Å². The van der Waals surface area contributed by atoms with Gasteiger partial charge in [0.1, 0.15) is 0 Å². The third-order valence-corrected chi connectivity index (χ3v) is 3.38. The molecule has 0 spiro atoms. The number of rotatable bonds is 9. The Hall–Kier alpha value is -0.790. The van der Waals surface area contributed by atoms with Crippen LogP contribution in [-0.2, 0) is 0 Å². The van der Waals surface area contributed by atoms with Gasteiger partial charge in [0.15, 0.2) is 0 Å². The molecule has 100 valence electrons. The van der Waals surface area contributed by atoms with Crippen molar-refractivity contribution in [1.82, 2.24) is 5.32 Å². The lowest BCUT2D eigenvalue weighted by Gasteiger charge is -2.18. The van der Waals surface area contributed by atoms with Gasteiger partial charge in [-0.15, -0.1) is 6.58 Å². The highest BCUT2D eigenvalue weighted by molar-refractivity contribution is 6.30. The molecular weight excluding hydrogens is 242 g/mol. The molecule has 1 rings (SSSR count). The van der Waals surface area contributed by atoms with Crippen molar-refractivity contribution in [2.45, 2.75) is 45.1 Å². The van der Waals surface area contributed by atoms with Crippen LogP contribution in [0.25, 0.3) is 0 Å². The Labute approximate surface area is 116 Å². The Morgan fingerprint density at radius 3 is 2.56 bits per heavy atom. The van der Waals surface area contributed by atoms with Crippen LogP contribution < -0.4 is 5.32 Å². The molecule has 0 aromatic heterocycles. The zero-order valence-electron chi connectivity index (χ0n) is 11.3. The molecule has 1 atom stereocenters. The van der Waals surface area contributed by atoms with Crippen molar-refractivity contribution in [3.05, 3.63) is 47.5 Å². The summed E-state index contributed by atoms with van der Waals surface area (Å²) in [6.07, 6.45) is 8.11. The molecule has 1 N–H and O–H groups in total. The number of unbranched alkanes of at least 4 members (excludes halogenated alkanes) is 3. The molecule has 18 heavy (non-hydrogen) atoms. The molecule has 0 heterocycles. The van der Waals surface area contributed by atoms with Crippen LogP contribution in [0.15, 0.2) is 36.9 Å². The topological polar surface area (TPSA) is 12.0 Å². The molecule has 2 heteroatoms. The SMILES string of the molecule is C=CCCCCCC(NCC)c1ccc(Cl)cc1. The van der Waals surface area contributed by atoms with Crippen LogP contribution in [0.3, 0.4) is 0 Å². The van der Waals surface area contributed by atoms with Crippen LogP contribution >= 0.6 is 11.6 Å². The summed E-state index contributed by atoms with van der Waals surface area (Å²) in [5.74, 6) is 0. The van der Waals surface area contributed by atoms with Crippen molar-refractivity contribution >= 4 is 11.6 Å². The van der Waals surface area contributed by atoms with Gasteiger partial charge in [-0.1, -0.05) is 49.6 Å². The molecule has 0 fully saturated rings. The Morgan fingerprint density at radius 1 is 1.22 bits per heavy atom. The van der Waals surface area contributed by atoms with Crippen molar-refractivity contribution in [2.24, 2.45) is 0 Å². The third-order valence-electron chi connectivity index (χ3n) is 3.12. The van der Waals surface area contributed by atoms with Crippen LogP contribution in [0.4, 0.5) is 0 Å². The van der Waals surface area contributed by atoms with Crippen molar-refractivity contribution in [3.63, 3.8) is 0 Å². The Bertz CT molecular complexity index is 331. The summed E-state index contributed by atoms with van der Waals surface area (Å²) in [5.41, 5.74) is 1.34. The second kappa shape index (κ2) is 9.18. The monoisotopic (exact) mass is 265 g/mol. The molecule has 1 aromatic rings. The quantitative estimate of drug-likeness (QED) is 0.482.